The molecule has 2 unspecified atom stereocenters. The quantitative estimate of drug-likeness (QED) is 0.331. The van der Waals surface area contributed by atoms with Gasteiger partial charge in [-0.1, -0.05) is 74.0 Å². The van der Waals surface area contributed by atoms with Gasteiger partial charge in [0.05, 0.1) is 10.9 Å². The monoisotopic (exact) mass is 378 g/mol. The van der Waals surface area contributed by atoms with Gasteiger partial charge in [-0.15, -0.1) is 0 Å². The second-order valence-corrected chi connectivity index (χ2v) is 8.32. The summed E-state index contributed by atoms with van der Waals surface area (Å²) in [5.74, 6) is 0.556. The summed E-state index contributed by atoms with van der Waals surface area (Å²) in [6.45, 7) is 6.82. The number of aromatic nitrogens is 1. The zero-order valence-electron chi connectivity index (χ0n) is 17.5. The maximum atomic E-state index is 2.55. The van der Waals surface area contributed by atoms with Gasteiger partial charge in [0.15, 0.2) is 12.2 Å². The number of nitrogens with zero attached hydrogens (tertiary/aromatic N) is 1. The fourth-order valence-electron chi connectivity index (χ4n) is 5.26. The van der Waals surface area contributed by atoms with Gasteiger partial charge >= 0.3 is 0 Å². The first-order chi connectivity index (χ1) is 14.2. The molecule has 4 aromatic rings. The zero-order valence-corrected chi connectivity index (χ0v) is 17.5. The van der Waals surface area contributed by atoms with Crippen LogP contribution in [0.1, 0.15) is 49.8 Å². The minimum absolute atomic E-state index is 0.511. The van der Waals surface area contributed by atoms with Crippen LogP contribution in [0.4, 0.5) is 0 Å². The fraction of sp³-hybridized carbons (Fsp3) is 0.250. The van der Waals surface area contributed by atoms with Crippen LogP contribution >= 0.6 is 0 Å². The van der Waals surface area contributed by atoms with E-state index in [0.717, 1.165) is 12.8 Å². The molecule has 144 valence electrons. The molecule has 1 heteroatoms. The molecule has 0 aliphatic carbocycles. The first-order valence-corrected chi connectivity index (χ1v) is 10.9. The molecule has 0 spiro atoms. The third kappa shape index (κ3) is 2.88. The highest BCUT2D eigenvalue weighted by molar-refractivity contribution is 5.94. The molecule has 0 radical (unpaired) electrons. The van der Waals surface area contributed by atoms with Crippen LogP contribution < -0.4 is 4.57 Å². The summed E-state index contributed by atoms with van der Waals surface area (Å²) in [4.78, 5) is 0. The smallest absolute Gasteiger partial charge is 0.194 e. The van der Waals surface area contributed by atoms with E-state index < -0.39 is 0 Å². The first kappa shape index (κ1) is 18.1. The topological polar surface area (TPSA) is 3.88 Å². The highest BCUT2D eigenvalue weighted by atomic mass is 15.0. The zero-order chi connectivity index (χ0) is 20.0. The van der Waals surface area contributed by atoms with Crippen molar-refractivity contribution in [1.82, 2.24) is 0 Å². The summed E-state index contributed by atoms with van der Waals surface area (Å²) in [5.41, 5.74) is 8.19. The van der Waals surface area contributed by atoms with Crippen molar-refractivity contribution < 1.29 is 4.57 Å². The Kier molecular flexibility index (Phi) is 4.47. The molecule has 0 N–H and O–H groups in total. The van der Waals surface area contributed by atoms with E-state index in [-0.39, 0.29) is 0 Å². The molecule has 0 saturated heterocycles. The maximum Gasteiger partial charge on any atom is 0.220 e. The maximum absolute atomic E-state index is 2.55. The van der Waals surface area contributed by atoms with Crippen molar-refractivity contribution >= 4 is 10.8 Å². The van der Waals surface area contributed by atoms with E-state index in [2.05, 4.69) is 104 Å². The summed E-state index contributed by atoms with van der Waals surface area (Å²) in [7, 11) is 0. The average Bonchev–Trinajstić information content (AvgIpc) is 2.77. The minimum Gasteiger partial charge on any atom is -0.194 e. The largest absolute Gasteiger partial charge is 0.220 e. The van der Waals surface area contributed by atoms with Gasteiger partial charge in [0.2, 0.25) is 5.69 Å². The molecule has 2 atom stereocenters. The van der Waals surface area contributed by atoms with Crippen LogP contribution in [0.25, 0.3) is 33.2 Å². The fourth-order valence-corrected chi connectivity index (χ4v) is 5.26. The average molecular weight is 379 g/mol. The van der Waals surface area contributed by atoms with Gasteiger partial charge < -0.3 is 0 Å². The van der Waals surface area contributed by atoms with E-state index in [1.54, 1.807) is 0 Å². The van der Waals surface area contributed by atoms with Crippen LogP contribution in [-0.4, -0.2) is 0 Å². The lowest BCUT2D eigenvalue weighted by Crippen LogP contribution is -2.47. The SMILES string of the molecule is CCC1c2ccc(-c3cccc(C)c3)cc2-c2c3ccccc3cc[n+]2C1CC. The van der Waals surface area contributed by atoms with Gasteiger partial charge in [-0.3, -0.25) is 0 Å². The van der Waals surface area contributed by atoms with Gasteiger partial charge in [-0.25, -0.2) is 0 Å². The molecular weight excluding hydrogens is 350 g/mol. The van der Waals surface area contributed by atoms with E-state index in [1.165, 1.54) is 44.3 Å². The Morgan fingerprint density at radius 3 is 2.41 bits per heavy atom. The number of rotatable bonds is 3. The molecule has 2 heterocycles. The van der Waals surface area contributed by atoms with Crippen LogP contribution in [0, 0.1) is 6.92 Å². The summed E-state index contributed by atoms with van der Waals surface area (Å²) >= 11 is 0. The van der Waals surface area contributed by atoms with Gasteiger partial charge in [-0.2, -0.15) is 4.57 Å². The number of benzene rings is 3. The predicted octanol–water partition coefficient (Wildman–Crippen LogP) is 7.23. The van der Waals surface area contributed by atoms with Gasteiger partial charge in [0, 0.05) is 18.4 Å². The summed E-state index contributed by atoms with van der Waals surface area (Å²) < 4.78 is 2.55. The summed E-state index contributed by atoms with van der Waals surface area (Å²) in [6, 6.07) is 27.6. The first-order valence-electron chi connectivity index (χ1n) is 10.9. The van der Waals surface area contributed by atoms with Crippen LogP contribution in [0.3, 0.4) is 0 Å². The molecule has 1 nitrogen and oxygen atoms in total. The van der Waals surface area contributed by atoms with E-state index in [1.807, 2.05) is 0 Å². The van der Waals surface area contributed by atoms with Crippen molar-refractivity contribution in [3.63, 3.8) is 0 Å². The van der Waals surface area contributed by atoms with Gasteiger partial charge in [0.1, 0.15) is 0 Å². The molecule has 1 aliphatic rings. The molecule has 3 aromatic carbocycles. The second-order valence-electron chi connectivity index (χ2n) is 8.32. The Morgan fingerprint density at radius 1 is 0.793 bits per heavy atom. The highest BCUT2D eigenvalue weighted by Gasteiger charge is 2.39. The van der Waals surface area contributed by atoms with E-state index in [9.17, 15) is 0 Å². The van der Waals surface area contributed by atoms with Crippen LogP contribution in [-0.2, 0) is 0 Å². The summed E-state index contributed by atoms with van der Waals surface area (Å²) in [6.07, 6.45) is 4.62. The number of hydrogen-bond donors (Lipinski definition) is 0. The summed E-state index contributed by atoms with van der Waals surface area (Å²) in [5, 5.41) is 2.67. The van der Waals surface area contributed by atoms with Gasteiger partial charge in [-0.05, 0) is 47.6 Å². The molecule has 0 fully saturated rings. The van der Waals surface area contributed by atoms with Crippen molar-refractivity contribution in [1.29, 1.82) is 0 Å². The Bertz CT molecular complexity index is 1200. The Morgan fingerprint density at radius 2 is 1.62 bits per heavy atom. The standard InChI is InChI=1S/C28H28N/c1-4-23-25-14-13-22(21-11-8-9-19(3)17-21)18-26(25)28-24-12-7-6-10-20(24)15-16-29(28)27(23)5-2/h6-18,23,27H,4-5H2,1-3H3/q+1. The third-order valence-corrected chi connectivity index (χ3v) is 6.63. The van der Waals surface area contributed by atoms with Crippen LogP contribution in [0.15, 0.2) is 79.0 Å². The second kappa shape index (κ2) is 7.15. The van der Waals surface area contributed by atoms with Crippen molar-refractivity contribution in [3.8, 4) is 22.4 Å². The normalized spacial score (nSPS) is 17.8. The number of hydrogen-bond acceptors (Lipinski definition) is 0. The molecule has 1 aliphatic heterocycles. The Labute approximate surface area is 173 Å². The molecular formula is C28H28N+. The van der Waals surface area contributed by atoms with Crippen molar-refractivity contribution in [3.05, 3.63) is 90.1 Å². The molecule has 0 saturated carbocycles. The van der Waals surface area contributed by atoms with Crippen LogP contribution in [0.5, 0.6) is 0 Å². The Balaban J connectivity index is 1.82. The van der Waals surface area contributed by atoms with Gasteiger partial charge in [0.25, 0.3) is 0 Å². The minimum atomic E-state index is 0.511. The van der Waals surface area contributed by atoms with E-state index in [4.69, 9.17) is 0 Å². The molecule has 0 bridgehead atoms. The molecule has 0 amide bonds. The van der Waals surface area contributed by atoms with E-state index in [0.29, 0.717) is 12.0 Å². The van der Waals surface area contributed by atoms with Crippen LogP contribution in [0.2, 0.25) is 0 Å². The molecule has 29 heavy (non-hydrogen) atoms. The van der Waals surface area contributed by atoms with Crippen molar-refractivity contribution in [2.24, 2.45) is 0 Å². The number of aryl methyl sites for hydroxylation is 1. The lowest BCUT2D eigenvalue weighted by molar-refractivity contribution is -0.717. The highest BCUT2D eigenvalue weighted by Crippen LogP contribution is 2.44. The van der Waals surface area contributed by atoms with Crippen molar-refractivity contribution in [2.45, 2.75) is 45.6 Å². The number of fused-ring (bicyclic) bond motifs is 5. The van der Waals surface area contributed by atoms with Crippen molar-refractivity contribution in [2.75, 3.05) is 0 Å². The lowest BCUT2D eigenvalue weighted by Gasteiger charge is -2.30. The molecule has 1 aromatic heterocycles. The molecule has 5 rings (SSSR count). The lowest BCUT2D eigenvalue weighted by atomic mass is 9.78. The third-order valence-electron chi connectivity index (χ3n) is 6.63. The number of pyridine rings is 1. The predicted molar refractivity (Wildman–Crippen MR) is 122 cm³/mol. The van der Waals surface area contributed by atoms with E-state index >= 15 is 0 Å². The Hall–Kier alpha value is -2.93.